The quantitative estimate of drug-likeness (QED) is 0.698. The first-order valence-electron chi connectivity index (χ1n) is 4.10. The van der Waals surface area contributed by atoms with Gasteiger partial charge in [0.15, 0.2) is 5.82 Å². The van der Waals surface area contributed by atoms with Crippen molar-refractivity contribution in [2.45, 2.75) is 6.54 Å². The van der Waals surface area contributed by atoms with Gasteiger partial charge in [0.25, 0.3) is 0 Å². The van der Waals surface area contributed by atoms with Gasteiger partial charge in [0.05, 0.1) is 5.56 Å². The summed E-state index contributed by atoms with van der Waals surface area (Å²) in [7, 11) is 0. The highest BCUT2D eigenvalue weighted by atomic mass is 32.1. The third-order valence-electron chi connectivity index (χ3n) is 2.07. The van der Waals surface area contributed by atoms with E-state index in [4.69, 9.17) is 0 Å². The zero-order valence-corrected chi connectivity index (χ0v) is 7.91. The second kappa shape index (κ2) is 2.65. The lowest BCUT2D eigenvalue weighted by Gasteiger charge is -1.97. The van der Waals surface area contributed by atoms with Crippen LogP contribution in [0.2, 0.25) is 0 Å². The molecule has 5 nitrogen and oxygen atoms in total. The number of amides is 1. The maximum absolute atomic E-state index is 11.4. The Hall–Kier alpha value is -1.69. The monoisotopic (exact) mass is 206 g/mol. The molecule has 0 fully saturated rings. The molecule has 0 unspecified atom stereocenters. The van der Waals surface area contributed by atoms with Gasteiger partial charge in [-0.25, -0.2) is 9.67 Å². The minimum absolute atomic E-state index is 0.0575. The molecule has 0 aliphatic carbocycles. The predicted octanol–water partition coefficient (Wildman–Crippen LogP) is 0.959. The summed E-state index contributed by atoms with van der Waals surface area (Å²) in [4.78, 5) is 15.5. The molecule has 2 aromatic rings. The van der Waals surface area contributed by atoms with Gasteiger partial charge in [-0.3, -0.25) is 4.79 Å². The number of fused-ring (bicyclic) bond motifs is 3. The molecule has 1 amide bonds. The van der Waals surface area contributed by atoms with Gasteiger partial charge in [0.2, 0.25) is 5.91 Å². The van der Waals surface area contributed by atoms with Crippen molar-refractivity contribution in [1.29, 1.82) is 0 Å². The van der Waals surface area contributed by atoms with E-state index < -0.39 is 0 Å². The number of hydrogen-bond donors (Lipinski definition) is 1. The molecule has 0 spiro atoms. The first kappa shape index (κ1) is 7.69. The maximum Gasteiger partial charge on any atom is 0.246 e. The van der Waals surface area contributed by atoms with Gasteiger partial charge in [0, 0.05) is 0 Å². The van der Waals surface area contributed by atoms with Crippen molar-refractivity contribution in [3.8, 4) is 11.4 Å². The Morgan fingerprint density at radius 1 is 1.57 bits per heavy atom. The van der Waals surface area contributed by atoms with Gasteiger partial charge in [-0.2, -0.15) is 5.10 Å². The van der Waals surface area contributed by atoms with Crippen molar-refractivity contribution in [3.63, 3.8) is 0 Å². The Bertz CT molecular complexity index is 457. The first-order chi connectivity index (χ1) is 6.84. The average molecular weight is 206 g/mol. The van der Waals surface area contributed by atoms with E-state index in [1.807, 2.05) is 11.4 Å². The summed E-state index contributed by atoms with van der Waals surface area (Å²) in [6, 6.07) is 1.94. The van der Waals surface area contributed by atoms with Crippen LogP contribution in [0.4, 0.5) is 5.00 Å². The average Bonchev–Trinajstić information content (AvgIpc) is 2.72. The van der Waals surface area contributed by atoms with Crippen molar-refractivity contribution < 1.29 is 4.79 Å². The lowest BCUT2D eigenvalue weighted by Crippen LogP contribution is -2.16. The van der Waals surface area contributed by atoms with E-state index in [1.54, 1.807) is 4.68 Å². The fourth-order valence-electron chi connectivity index (χ4n) is 1.47. The predicted molar refractivity (Wildman–Crippen MR) is 52.0 cm³/mol. The van der Waals surface area contributed by atoms with Gasteiger partial charge in [-0.15, -0.1) is 11.3 Å². The summed E-state index contributed by atoms with van der Waals surface area (Å²) < 4.78 is 1.61. The van der Waals surface area contributed by atoms with Gasteiger partial charge >= 0.3 is 0 Å². The van der Waals surface area contributed by atoms with Crippen molar-refractivity contribution >= 4 is 22.2 Å². The summed E-state index contributed by atoms with van der Waals surface area (Å²) in [5, 5.41) is 9.58. The first-order valence-corrected chi connectivity index (χ1v) is 4.98. The molecule has 1 aliphatic rings. The third-order valence-corrected chi connectivity index (χ3v) is 2.90. The standard InChI is InChI=1S/C8H6N4OS/c13-6-3-12-7(9-4-10-12)5-1-2-14-8(5)11-6/h1-2,4H,3H2,(H,11,13). The lowest BCUT2D eigenvalue weighted by atomic mass is 10.3. The van der Waals surface area contributed by atoms with Crippen LogP contribution in [-0.2, 0) is 11.3 Å². The summed E-state index contributed by atoms with van der Waals surface area (Å²) >= 11 is 1.50. The SMILES string of the molecule is O=C1Cn2ncnc2-c2ccsc2N1. The van der Waals surface area contributed by atoms with Gasteiger partial charge < -0.3 is 5.32 Å². The number of carbonyl (C=O) groups is 1. The lowest BCUT2D eigenvalue weighted by molar-refractivity contribution is -0.116. The number of aromatic nitrogens is 3. The number of nitrogens with zero attached hydrogens (tertiary/aromatic N) is 3. The minimum Gasteiger partial charge on any atom is -0.315 e. The minimum atomic E-state index is -0.0575. The number of carbonyl (C=O) groups excluding carboxylic acids is 1. The fourth-order valence-corrected chi connectivity index (χ4v) is 2.27. The Morgan fingerprint density at radius 2 is 2.50 bits per heavy atom. The van der Waals surface area contributed by atoms with Crippen LogP contribution in [0.25, 0.3) is 11.4 Å². The molecule has 3 rings (SSSR count). The molecular weight excluding hydrogens is 200 g/mol. The molecule has 0 saturated heterocycles. The van der Waals surface area contributed by atoms with Gasteiger partial charge in [0.1, 0.15) is 17.9 Å². The molecular formula is C8H6N4OS. The Morgan fingerprint density at radius 3 is 3.43 bits per heavy atom. The smallest absolute Gasteiger partial charge is 0.246 e. The number of hydrogen-bond acceptors (Lipinski definition) is 4. The maximum atomic E-state index is 11.4. The topological polar surface area (TPSA) is 59.8 Å². The Balaban J connectivity index is 2.29. The van der Waals surface area contributed by atoms with Crippen molar-refractivity contribution in [2.75, 3.05) is 5.32 Å². The molecule has 6 heteroatoms. The fraction of sp³-hybridized carbons (Fsp3) is 0.125. The molecule has 0 atom stereocenters. The highest BCUT2D eigenvalue weighted by Crippen LogP contribution is 2.33. The van der Waals surface area contributed by atoms with Crippen LogP contribution in [0.1, 0.15) is 0 Å². The van der Waals surface area contributed by atoms with Crippen LogP contribution in [0.3, 0.4) is 0 Å². The molecule has 2 aromatic heterocycles. The van der Waals surface area contributed by atoms with E-state index in [2.05, 4.69) is 15.4 Å². The molecule has 0 aromatic carbocycles. The number of nitrogens with one attached hydrogen (secondary N) is 1. The Kier molecular flexibility index (Phi) is 1.45. The van der Waals surface area contributed by atoms with Crippen LogP contribution in [-0.4, -0.2) is 20.7 Å². The third kappa shape index (κ3) is 0.973. The van der Waals surface area contributed by atoms with E-state index in [-0.39, 0.29) is 12.5 Å². The van der Waals surface area contributed by atoms with Crippen molar-refractivity contribution in [2.24, 2.45) is 0 Å². The van der Waals surface area contributed by atoms with Crippen molar-refractivity contribution in [1.82, 2.24) is 14.8 Å². The molecule has 3 heterocycles. The molecule has 0 radical (unpaired) electrons. The van der Waals surface area contributed by atoms with Crippen LogP contribution in [0.15, 0.2) is 17.8 Å². The normalized spacial score (nSPS) is 14.1. The molecule has 0 saturated carbocycles. The van der Waals surface area contributed by atoms with E-state index in [0.29, 0.717) is 0 Å². The molecule has 70 valence electrons. The van der Waals surface area contributed by atoms with Crippen LogP contribution in [0, 0.1) is 0 Å². The van der Waals surface area contributed by atoms with Crippen LogP contribution in [0.5, 0.6) is 0 Å². The number of anilines is 1. The van der Waals surface area contributed by atoms with Gasteiger partial charge in [-0.1, -0.05) is 0 Å². The molecule has 0 bridgehead atoms. The van der Waals surface area contributed by atoms with Crippen molar-refractivity contribution in [3.05, 3.63) is 17.8 Å². The zero-order valence-electron chi connectivity index (χ0n) is 7.10. The highest BCUT2D eigenvalue weighted by Gasteiger charge is 2.20. The zero-order chi connectivity index (χ0) is 9.54. The molecule has 1 N–H and O–H groups in total. The summed E-state index contributed by atoms with van der Waals surface area (Å²) in [5.41, 5.74) is 0.943. The second-order valence-corrected chi connectivity index (χ2v) is 3.87. The second-order valence-electron chi connectivity index (χ2n) is 2.95. The van der Waals surface area contributed by atoms with E-state index in [1.165, 1.54) is 17.7 Å². The molecule has 14 heavy (non-hydrogen) atoms. The highest BCUT2D eigenvalue weighted by molar-refractivity contribution is 7.15. The summed E-state index contributed by atoms with van der Waals surface area (Å²) in [5.74, 6) is 0.692. The number of thiophene rings is 1. The summed E-state index contributed by atoms with van der Waals surface area (Å²) in [6.07, 6.45) is 1.47. The van der Waals surface area contributed by atoms with E-state index >= 15 is 0 Å². The molecule has 1 aliphatic heterocycles. The van der Waals surface area contributed by atoms with Crippen LogP contribution >= 0.6 is 11.3 Å². The largest absolute Gasteiger partial charge is 0.315 e. The summed E-state index contributed by atoms with van der Waals surface area (Å²) in [6.45, 7) is 0.233. The van der Waals surface area contributed by atoms with E-state index in [0.717, 1.165) is 16.4 Å². The Labute approximate surface area is 83.4 Å². The van der Waals surface area contributed by atoms with Crippen LogP contribution < -0.4 is 5.32 Å². The van der Waals surface area contributed by atoms with Gasteiger partial charge in [-0.05, 0) is 11.4 Å². The number of rotatable bonds is 0. The van der Waals surface area contributed by atoms with E-state index in [9.17, 15) is 4.79 Å².